The van der Waals surface area contributed by atoms with Crippen LogP contribution in [0.25, 0.3) is 0 Å². The van der Waals surface area contributed by atoms with Crippen LogP contribution in [0.5, 0.6) is 0 Å². The molecule has 0 bridgehead atoms. The maximum atomic E-state index is 12.8. The second-order valence-corrected chi connectivity index (χ2v) is 3.81. The molecule has 3 N–H and O–H groups in total. The molecule has 0 fully saturated rings. The van der Waals surface area contributed by atoms with E-state index in [1.54, 1.807) is 13.0 Å². The van der Waals surface area contributed by atoms with Crippen molar-refractivity contribution in [2.24, 2.45) is 11.7 Å². The highest BCUT2D eigenvalue weighted by Gasteiger charge is 2.09. The van der Waals surface area contributed by atoms with E-state index in [9.17, 15) is 9.18 Å². The van der Waals surface area contributed by atoms with Gasteiger partial charge in [0.15, 0.2) is 0 Å². The van der Waals surface area contributed by atoms with Gasteiger partial charge in [0, 0.05) is 19.0 Å². The second-order valence-electron chi connectivity index (χ2n) is 3.81. The predicted molar refractivity (Wildman–Crippen MR) is 68.6 cm³/mol. The molecule has 1 aromatic rings. The van der Waals surface area contributed by atoms with Gasteiger partial charge in [-0.3, -0.25) is 4.79 Å². The van der Waals surface area contributed by atoms with Gasteiger partial charge in [0.05, 0.1) is 0 Å². The lowest BCUT2D eigenvalue weighted by atomic mass is 10.1. The summed E-state index contributed by atoms with van der Waals surface area (Å²) >= 11 is 0. The molecule has 3 nitrogen and oxygen atoms in total. The minimum atomic E-state index is -0.251. The number of benzene rings is 1. The lowest BCUT2D eigenvalue weighted by Gasteiger charge is -2.09. The van der Waals surface area contributed by atoms with Crippen LogP contribution in [-0.4, -0.2) is 19.0 Å². The summed E-state index contributed by atoms with van der Waals surface area (Å²) < 4.78 is 12.8. The first-order valence-electron chi connectivity index (χ1n) is 5.35. The van der Waals surface area contributed by atoms with Gasteiger partial charge in [-0.25, -0.2) is 4.39 Å². The fourth-order valence-corrected chi connectivity index (χ4v) is 1.30. The van der Waals surface area contributed by atoms with E-state index in [2.05, 4.69) is 5.32 Å². The Morgan fingerprint density at radius 1 is 1.53 bits per heavy atom. The first-order chi connectivity index (χ1) is 7.63. The van der Waals surface area contributed by atoms with Crippen LogP contribution < -0.4 is 11.1 Å². The highest BCUT2D eigenvalue weighted by molar-refractivity contribution is 5.85. The Balaban J connectivity index is 0.00000256. The Bertz CT molecular complexity index is 360. The summed E-state index contributed by atoms with van der Waals surface area (Å²) in [6.07, 6.45) is 0.626. The fraction of sp³-hybridized carbons (Fsp3) is 0.417. The first-order valence-corrected chi connectivity index (χ1v) is 5.35. The number of nitrogens with one attached hydrogen (secondary N) is 1. The molecule has 0 aromatic heterocycles. The van der Waals surface area contributed by atoms with Crippen LogP contribution in [0.4, 0.5) is 4.39 Å². The highest BCUT2D eigenvalue weighted by Crippen LogP contribution is 2.03. The Morgan fingerprint density at radius 2 is 2.24 bits per heavy atom. The zero-order chi connectivity index (χ0) is 12.0. The predicted octanol–water partition coefficient (Wildman–Crippen LogP) is 1.50. The minimum Gasteiger partial charge on any atom is -0.355 e. The smallest absolute Gasteiger partial charge is 0.224 e. The standard InChI is InChI=1S/C12H17FN2O.ClH/c1-9(8-14)12(16)15-6-5-10-3-2-4-11(13)7-10;/h2-4,7,9H,5-6,8,14H2,1H3,(H,15,16);1H. The van der Waals surface area contributed by atoms with E-state index in [1.165, 1.54) is 12.1 Å². The van der Waals surface area contributed by atoms with Crippen molar-refractivity contribution in [3.63, 3.8) is 0 Å². The average Bonchev–Trinajstić information content (AvgIpc) is 2.28. The van der Waals surface area contributed by atoms with E-state index in [0.717, 1.165) is 5.56 Å². The largest absolute Gasteiger partial charge is 0.355 e. The van der Waals surface area contributed by atoms with Crippen LogP contribution in [0, 0.1) is 11.7 Å². The monoisotopic (exact) mass is 260 g/mol. The molecule has 0 radical (unpaired) electrons. The molecule has 1 amide bonds. The zero-order valence-electron chi connectivity index (χ0n) is 9.78. The minimum absolute atomic E-state index is 0. The number of carbonyl (C=O) groups excluding carboxylic acids is 1. The van der Waals surface area contributed by atoms with E-state index in [-0.39, 0.29) is 30.0 Å². The molecule has 0 saturated carbocycles. The van der Waals surface area contributed by atoms with Crippen molar-refractivity contribution >= 4 is 18.3 Å². The normalized spacial score (nSPS) is 11.5. The van der Waals surface area contributed by atoms with Crippen molar-refractivity contribution in [3.8, 4) is 0 Å². The van der Waals surface area contributed by atoms with Crippen molar-refractivity contribution in [1.29, 1.82) is 0 Å². The molecule has 1 aromatic carbocycles. The van der Waals surface area contributed by atoms with Gasteiger partial charge in [-0.15, -0.1) is 12.4 Å². The maximum Gasteiger partial charge on any atom is 0.224 e. The molecule has 0 spiro atoms. The lowest BCUT2D eigenvalue weighted by Crippen LogP contribution is -2.34. The van der Waals surface area contributed by atoms with E-state index < -0.39 is 0 Å². The van der Waals surface area contributed by atoms with E-state index >= 15 is 0 Å². The summed E-state index contributed by atoms with van der Waals surface area (Å²) in [4.78, 5) is 11.4. The summed E-state index contributed by atoms with van der Waals surface area (Å²) in [7, 11) is 0. The van der Waals surface area contributed by atoms with Gasteiger partial charge < -0.3 is 11.1 Å². The van der Waals surface area contributed by atoms with Gasteiger partial charge >= 0.3 is 0 Å². The Hall–Kier alpha value is -1.13. The maximum absolute atomic E-state index is 12.8. The summed E-state index contributed by atoms with van der Waals surface area (Å²) in [6, 6.07) is 6.37. The van der Waals surface area contributed by atoms with Crippen molar-refractivity contribution < 1.29 is 9.18 Å². The van der Waals surface area contributed by atoms with Crippen LogP contribution in [0.1, 0.15) is 12.5 Å². The average molecular weight is 261 g/mol. The summed E-state index contributed by atoms with van der Waals surface area (Å²) in [5.41, 5.74) is 6.24. The molecule has 0 aliphatic rings. The molecule has 1 rings (SSSR count). The highest BCUT2D eigenvalue weighted by atomic mass is 35.5. The summed E-state index contributed by atoms with van der Waals surface area (Å²) in [5, 5.41) is 2.76. The number of rotatable bonds is 5. The summed E-state index contributed by atoms with van der Waals surface area (Å²) in [5.74, 6) is -0.481. The second kappa shape index (κ2) is 8.03. The van der Waals surface area contributed by atoms with Crippen LogP contribution in [0.15, 0.2) is 24.3 Å². The third-order valence-corrected chi connectivity index (χ3v) is 2.40. The van der Waals surface area contributed by atoms with Crippen LogP contribution >= 0.6 is 12.4 Å². The van der Waals surface area contributed by atoms with Gasteiger partial charge in [0.25, 0.3) is 0 Å². The van der Waals surface area contributed by atoms with Gasteiger partial charge in [0.1, 0.15) is 5.82 Å². The number of amides is 1. The topological polar surface area (TPSA) is 55.1 Å². The van der Waals surface area contributed by atoms with Gasteiger partial charge in [0.2, 0.25) is 5.91 Å². The van der Waals surface area contributed by atoms with Crippen molar-refractivity contribution in [1.82, 2.24) is 5.32 Å². The summed E-state index contributed by atoms with van der Waals surface area (Å²) in [6.45, 7) is 2.62. The van der Waals surface area contributed by atoms with Gasteiger partial charge in [-0.2, -0.15) is 0 Å². The quantitative estimate of drug-likeness (QED) is 0.843. The van der Waals surface area contributed by atoms with Crippen LogP contribution in [0.2, 0.25) is 0 Å². The Kier molecular flexibility index (Phi) is 7.50. The number of carbonyl (C=O) groups is 1. The molecule has 5 heteroatoms. The molecule has 0 heterocycles. The molecule has 17 heavy (non-hydrogen) atoms. The number of nitrogens with two attached hydrogens (primary N) is 1. The number of hydrogen-bond donors (Lipinski definition) is 2. The van der Waals surface area contributed by atoms with Crippen LogP contribution in [0.3, 0.4) is 0 Å². The molecule has 0 saturated heterocycles. The van der Waals surface area contributed by atoms with E-state index in [4.69, 9.17) is 5.73 Å². The molecule has 0 aliphatic heterocycles. The molecule has 1 atom stereocenters. The van der Waals surface area contributed by atoms with Crippen LogP contribution in [-0.2, 0) is 11.2 Å². The number of halogens is 2. The SMILES string of the molecule is CC(CN)C(=O)NCCc1cccc(F)c1.Cl. The first kappa shape index (κ1) is 15.9. The van der Waals surface area contributed by atoms with E-state index in [1.807, 2.05) is 6.07 Å². The molecular formula is C12H18ClFN2O. The van der Waals surface area contributed by atoms with Gasteiger partial charge in [-0.1, -0.05) is 19.1 Å². The lowest BCUT2D eigenvalue weighted by molar-refractivity contribution is -0.124. The molecular weight excluding hydrogens is 243 g/mol. The third-order valence-electron chi connectivity index (χ3n) is 2.40. The van der Waals surface area contributed by atoms with E-state index in [0.29, 0.717) is 19.5 Å². The van der Waals surface area contributed by atoms with Crippen molar-refractivity contribution in [2.45, 2.75) is 13.3 Å². The van der Waals surface area contributed by atoms with Crippen molar-refractivity contribution in [3.05, 3.63) is 35.6 Å². The molecule has 96 valence electrons. The van der Waals surface area contributed by atoms with Crippen molar-refractivity contribution in [2.75, 3.05) is 13.1 Å². The molecule has 1 unspecified atom stereocenters. The Morgan fingerprint density at radius 3 is 2.82 bits per heavy atom. The zero-order valence-corrected chi connectivity index (χ0v) is 10.6. The Labute approximate surface area is 107 Å². The molecule has 0 aliphatic carbocycles. The number of hydrogen-bond acceptors (Lipinski definition) is 2. The fourth-order valence-electron chi connectivity index (χ4n) is 1.30. The third kappa shape index (κ3) is 5.65. The van der Waals surface area contributed by atoms with Gasteiger partial charge in [-0.05, 0) is 24.1 Å².